The van der Waals surface area contributed by atoms with Gasteiger partial charge in [0, 0.05) is 26.0 Å². The molecule has 32 heavy (non-hydrogen) atoms. The number of hydrogen-bond donors (Lipinski definition) is 4. The minimum Gasteiger partial charge on any atom is -0.390 e. The Hall–Kier alpha value is -3.34. The van der Waals surface area contributed by atoms with E-state index in [-0.39, 0.29) is 12.6 Å². The van der Waals surface area contributed by atoms with E-state index in [4.69, 9.17) is 5.11 Å². The van der Waals surface area contributed by atoms with Crippen LogP contribution in [0.3, 0.4) is 0 Å². The van der Waals surface area contributed by atoms with Crippen LogP contribution in [0.1, 0.15) is 31.1 Å². The van der Waals surface area contributed by atoms with Crippen LogP contribution < -0.4 is 15.8 Å². The molecule has 0 bridgehead atoms. The minimum atomic E-state index is -1.40. The van der Waals surface area contributed by atoms with Crippen molar-refractivity contribution in [3.8, 4) is 0 Å². The van der Waals surface area contributed by atoms with Crippen molar-refractivity contribution in [2.24, 2.45) is 0 Å². The Bertz CT molecular complexity index is 876. The van der Waals surface area contributed by atoms with Gasteiger partial charge >= 0.3 is 0 Å². The molecule has 0 saturated carbocycles. The lowest BCUT2D eigenvalue weighted by Crippen LogP contribution is -2.41. The first-order chi connectivity index (χ1) is 15.3. The molecule has 4 N–H and O–H groups in total. The molecule has 2 heterocycles. The number of amides is 2. The van der Waals surface area contributed by atoms with Gasteiger partial charge in [0.05, 0.1) is 30.1 Å². The van der Waals surface area contributed by atoms with Crippen LogP contribution in [0.4, 0.5) is 5.69 Å². The van der Waals surface area contributed by atoms with Gasteiger partial charge < -0.3 is 20.4 Å². The largest absolute Gasteiger partial charge is 0.390 e. The summed E-state index contributed by atoms with van der Waals surface area (Å²) in [4.78, 5) is 30.9. The fourth-order valence-electron chi connectivity index (χ4n) is 2.83. The van der Waals surface area contributed by atoms with Crippen molar-refractivity contribution in [2.45, 2.75) is 38.6 Å². The first kappa shape index (κ1) is 24.9. The molecular formula is C22H30N6O4. The normalized spacial score (nSPS) is 15.2. The fourth-order valence-corrected chi connectivity index (χ4v) is 2.83. The van der Waals surface area contributed by atoms with E-state index in [9.17, 15) is 14.7 Å². The number of rotatable bonds is 8. The minimum absolute atomic E-state index is 0.0497. The summed E-state index contributed by atoms with van der Waals surface area (Å²) in [5, 5.41) is 23.2. The first-order valence-electron chi connectivity index (χ1n) is 10.2. The number of carbonyl (C=O) groups excluding carboxylic acids is 2. The lowest BCUT2D eigenvalue weighted by molar-refractivity contribution is -0.144. The third-order valence-electron chi connectivity index (χ3n) is 4.75. The van der Waals surface area contributed by atoms with Gasteiger partial charge in [-0.15, -0.1) is 0 Å². The van der Waals surface area contributed by atoms with Crippen LogP contribution in [0.2, 0.25) is 0 Å². The van der Waals surface area contributed by atoms with Crippen molar-refractivity contribution in [1.29, 1.82) is 0 Å². The Morgan fingerprint density at radius 1 is 1.28 bits per heavy atom. The second-order valence-electron chi connectivity index (χ2n) is 7.30. The summed E-state index contributed by atoms with van der Waals surface area (Å²) >= 11 is 0. The van der Waals surface area contributed by atoms with E-state index in [2.05, 4.69) is 26.8 Å². The molecule has 1 aromatic heterocycles. The van der Waals surface area contributed by atoms with E-state index >= 15 is 0 Å². The molecule has 1 aromatic carbocycles. The molecular weight excluding hydrogens is 412 g/mol. The van der Waals surface area contributed by atoms with Crippen molar-refractivity contribution < 1.29 is 19.8 Å². The average molecular weight is 443 g/mol. The molecule has 172 valence electrons. The number of nitrogens with one attached hydrogen (secondary N) is 2. The summed E-state index contributed by atoms with van der Waals surface area (Å²) in [6, 6.07) is 9.82. The Balaban J connectivity index is 0.000000227. The second-order valence-corrected chi connectivity index (χ2v) is 7.30. The van der Waals surface area contributed by atoms with Crippen LogP contribution in [-0.4, -0.2) is 63.2 Å². The Morgan fingerprint density at radius 3 is 2.53 bits per heavy atom. The maximum absolute atomic E-state index is 11.6. The molecule has 3 rings (SSSR count). The molecule has 1 unspecified atom stereocenters. The van der Waals surface area contributed by atoms with E-state index in [1.54, 1.807) is 12.3 Å². The number of hydrogen-bond acceptors (Lipinski definition) is 8. The van der Waals surface area contributed by atoms with Gasteiger partial charge in [-0.25, -0.2) is 15.4 Å². The molecule has 1 aliphatic heterocycles. The molecule has 10 nitrogen and oxygen atoms in total. The number of hydrazine groups is 1. The van der Waals surface area contributed by atoms with E-state index in [0.29, 0.717) is 5.69 Å². The third-order valence-corrected chi connectivity index (χ3v) is 4.75. The van der Waals surface area contributed by atoms with Gasteiger partial charge in [0.25, 0.3) is 5.91 Å². The molecule has 2 amide bonds. The maximum Gasteiger partial charge on any atom is 0.254 e. The zero-order chi connectivity index (χ0) is 23.5. The lowest BCUT2D eigenvalue weighted by Gasteiger charge is -2.21. The number of likely N-dealkylation sites (N-methyl/N-ethyl adjacent to an activating group) is 1. The summed E-state index contributed by atoms with van der Waals surface area (Å²) in [5.41, 5.74) is 6.06. The van der Waals surface area contributed by atoms with Crippen molar-refractivity contribution in [3.63, 3.8) is 0 Å². The van der Waals surface area contributed by atoms with Crippen LogP contribution in [0.5, 0.6) is 0 Å². The molecule has 3 atom stereocenters. The van der Waals surface area contributed by atoms with Gasteiger partial charge in [0.15, 0.2) is 6.10 Å². The number of aliphatic hydroxyl groups is 2. The van der Waals surface area contributed by atoms with Crippen LogP contribution in [-0.2, 0) is 16.1 Å². The van der Waals surface area contributed by atoms with Gasteiger partial charge in [0.2, 0.25) is 6.41 Å². The first-order valence-corrected chi connectivity index (χ1v) is 10.2. The van der Waals surface area contributed by atoms with Crippen LogP contribution >= 0.6 is 0 Å². The van der Waals surface area contributed by atoms with Gasteiger partial charge in [-0.1, -0.05) is 18.2 Å². The number of aliphatic hydroxyl groups excluding tert-OH is 2. The maximum atomic E-state index is 11.6. The summed E-state index contributed by atoms with van der Waals surface area (Å²) in [5.74, 6) is -0.534. The fraction of sp³-hybridized carbons (Fsp3) is 0.364. The molecule has 0 fully saturated rings. The molecule has 0 spiro atoms. The summed E-state index contributed by atoms with van der Waals surface area (Å²) < 4.78 is 0. The standard InChI is InChI=1S/C12H15N3O.C10H15N3O3/c1-10(13-9-16)11-3-5-12(6-4-11)15-8-2-7-14-15;1-7(14)9(15)10(16)13(2)5-8-3-4-11-6-12-8/h2-6,8-10,14H,7H2,1H3,(H,13,16);3-4,6-7,9,14-15H,5H2,1-2H3/t10-;7?,9-/m11/s1. The Kier molecular flexibility index (Phi) is 9.74. The lowest BCUT2D eigenvalue weighted by atomic mass is 10.1. The Morgan fingerprint density at radius 2 is 2.00 bits per heavy atom. The monoisotopic (exact) mass is 442 g/mol. The van der Waals surface area contributed by atoms with Gasteiger partial charge in [0.1, 0.15) is 6.33 Å². The third kappa shape index (κ3) is 7.41. The van der Waals surface area contributed by atoms with Crippen LogP contribution in [0.25, 0.3) is 0 Å². The number of nitrogens with zero attached hydrogens (tertiary/aromatic N) is 4. The highest BCUT2D eigenvalue weighted by Gasteiger charge is 2.23. The highest BCUT2D eigenvalue weighted by atomic mass is 16.3. The van der Waals surface area contributed by atoms with Crippen molar-refractivity contribution in [2.75, 3.05) is 18.6 Å². The van der Waals surface area contributed by atoms with Gasteiger partial charge in [-0.3, -0.25) is 14.6 Å². The predicted molar refractivity (Wildman–Crippen MR) is 120 cm³/mol. The highest BCUT2D eigenvalue weighted by Crippen LogP contribution is 2.19. The van der Waals surface area contributed by atoms with Crippen molar-refractivity contribution >= 4 is 18.0 Å². The molecule has 10 heteroatoms. The average Bonchev–Trinajstić information content (AvgIpc) is 3.34. The molecule has 0 saturated heterocycles. The van der Waals surface area contributed by atoms with Gasteiger partial charge in [-0.05, 0) is 37.6 Å². The summed E-state index contributed by atoms with van der Waals surface area (Å²) in [7, 11) is 1.54. The van der Waals surface area contributed by atoms with E-state index in [0.717, 1.165) is 24.2 Å². The molecule has 0 radical (unpaired) electrons. The van der Waals surface area contributed by atoms with Crippen LogP contribution in [0, 0.1) is 0 Å². The zero-order valence-corrected chi connectivity index (χ0v) is 18.4. The quantitative estimate of drug-likeness (QED) is 0.435. The SMILES string of the molecule is CC(O)[C@@H](O)C(=O)N(C)Cc1ccncn1.C[C@@H](NC=O)c1ccc(N2C=CCN2)cc1. The Labute approximate surface area is 187 Å². The zero-order valence-electron chi connectivity index (χ0n) is 18.4. The van der Waals surface area contributed by atoms with E-state index < -0.39 is 18.1 Å². The highest BCUT2D eigenvalue weighted by molar-refractivity contribution is 5.80. The summed E-state index contributed by atoms with van der Waals surface area (Å²) in [6.45, 7) is 4.45. The topological polar surface area (TPSA) is 131 Å². The van der Waals surface area contributed by atoms with Gasteiger partial charge in [-0.2, -0.15) is 0 Å². The van der Waals surface area contributed by atoms with E-state index in [1.807, 2.05) is 42.4 Å². The molecule has 0 aliphatic carbocycles. The number of benzene rings is 1. The van der Waals surface area contributed by atoms with E-state index in [1.165, 1.54) is 25.2 Å². The molecule has 1 aliphatic rings. The van der Waals surface area contributed by atoms with Crippen molar-refractivity contribution in [1.82, 2.24) is 25.6 Å². The smallest absolute Gasteiger partial charge is 0.254 e. The number of carbonyl (C=O) groups is 2. The molecule has 2 aromatic rings. The predicted octanol–water partition coefficient (Wildman–Crippen LogP) is 0.509. The number of anilines is 1. The summed E-state index contributed by atoms with van der Waals surface area (Å²) in [6.07, 6.45) is 5.27. The van der Waals surface area contributed by atoms with Crippen LogP contribution in [0.15, 0.2) is 55.1 Å². The number of aromatic nitrogens is 2. The van der Waals surface area contributed by atoms with Crippen molar-refractivity contribution in [3.05, 3.63) is 66.4 Å². The second kappa shape index (κ2) is 12.5.